The molecule has 39 heavy (non-hydrogen) atoms. The first-order valence-electron chi connectivity index (χ1n) is 13.0. The number of carbonyl (C=O) groups excluding carboxylic acids is 3. The second-order valence-electron chi connectivity index (χ2n) is 10.5. The lowest BCUT2D eigenvalue weighted by Crippen LogP contribution is -2.48. The second-order valence-corrected chi connectivity index (χ2v) is 11.0. The van der Waals surface area contributed by atoms with Gasteiger partial charge in [0.25, 0.3) is 0 Å². The number of benzene rings is 4. The standard InChI is InChI=1S/C34H24ClNO3/c1-20-10-12-22(13-11-20)29-30(31(37)23-14-17-24(35)18-15-23)36-27-9-5-2-6-21(27)16-19-28(36)34(29)32(38)25-7-3-4-8-26(25)33(34)39/h2-19,28-30H,1H3/t28?,29-,30+/m1/s1. The summed E-state index contributed by atoms with van der Waals surface area (Å²) in [6, 6.07) is 28.2. The third kappa shape index (κ3) is 3.22. The van der Waals surface area contributed by atoms with Crippen molar-refractivity contribution in [3.63, 3.8) is 0 Å². The van der Waals surface area contributed by atoms with E-state index in [1.54, 1.807) is 48.5 Å². The number of ketones is 3. The van der Waals surface area contributed by atoms with E-state index in [1.165, 1.54) is 0 Å². The zero-order valence-electron chi connectivity index (χ0n) is 21.2. The Morgan fingerprint density at radius 3 is 2.08 bits per heavy atom. The molecule has 4 nitrogen and oxygen atoms in total. The van der Waals surface area contributed by atoms with Gasteiger partial charge in [-0.05, 0) is 48.4 Å². The van der Waals surface area contributed by atoms with Crippen molar-refractivity contribution in [3.8, 4) is 0 Å². The van der Waals surface area contributed by atoms with Crippen LogP contribution in [0.15, 0.2) is 103 Å². The van der Waals surface area contributed by atoms with Gasteiger partial charge in [-0.15, -0.1) is 0 Å². The Morgan fingerprint density at radius 1 is 0.795 bits per heavy atom. The third-order valence-electron chi connectivity index (χ3n) is 8.55. The Bertz CT molecular complexity index is 1670. The third-order valence-corrected chi connectivity index (χ3v) is 8.80. The molecule has 1 saturated heterocycles. The van der Waals surface area contributed by atoms with Gasteiger partial charge in [-0.2, -0.15) is 0 Å². The first-order chi connectivity index (χ1) is 18.9. The van der Waals surface area contributed by atoms with Gasteiger partial charge in [-0.25, -0.2) is 0 Å². The summed E-state index contributed by atoms with van der Waals surface area (Å²) in [4.78, 5) is 45.8. The van der Waals surface area contributed by atoms with E-state index < -0.39 is 23.4 Å². The molecule has 4 aromatic rings. The average molecular weight is 530 g/mol. The van der Waals surface area contributed by atoms with Gasteiger partial charge in [0.15, 0.2) is 17.3 Å². The van der Waals surface area contributed by atoms with Crippen LogP contribution in [0.5, 0.6) is 0 Å². The van der Waals surface area contributed by atoms with E-state index in [9.17, 15) is 14.4 Å². The zero-order valence-corrected chi connectivity index (χ0v) is 21.9. The molecule has 7 rings (SSSR count). The number of nitrogens with zero attached hydrogens (tertiary/aromatic N) is 1. The van der Waals surface area contributed by atoms with Crippen molar-refractivity contribution < 1.29 is 14.4 Å². The van der Waals surface area contributed by atoms with Crippen LogP contribution in [-0.4, -0.2) is 29.4 Å². The van der Waals surface area contributed by atoms with E-state index in [1.807, 2.05) is 72.5 Å². The molecule has 190 valence electrons. The van der Waals surface area contributed by atoms with Crippen LogP contribution < -0.4 is 4.90 Å². The maximum atomic E-state index is 14.6. The molecule has 3 atom stereocenters. The second kappa shape index (κ2) is 8.62. The molecule has 0 amide bonds. The fraction of sp³-hybridized carbons (Fsp3) is 0.147. The van der Waals surface area contributed by atoms with Crippen LogP contribution in [0.1, 0.15) is 53.7 Å². The largest absolute Gasteiger partial charge is 0.352 e. The van der Waals surface area contributed by atoms with E-state index in [4.69, 9.17) is 11.6 Å². The topological polar surface area (TPSA) is 54.5 Å². The van der Waals surface area contributed by atoms with Gasteiger partial charge in [0.2, 0.25) is 0 Å². The highest BCUT2D eigenvalue weighted by Gasteiger charge is 2.71. The molecular formula is C34H24ClNO3. The predicted molar refractivity (Wildman–Crippen MR) is 153 cm³/mol. The Balaban J connectivity index is 1.54. The molecule has 1 aliphatic carbocycles. The van der Waals surface area contributed by atoms with Crippen molar-refractivity contribution in [2.24, 2.45) is 5.41 Å². The predicted octanol–water partition coefficient (Wildman–Crippen LogP) is 6.96. The number of hydrogen-bond acceptors (Lipinski definition) is 4. The number of para-hydroxylation sites is 1. The summed E-state index contributed by atoms with van der Waals surface area (Å²) in [6.07, 6.45) is 3.92. The highest BCUT2D eigenvalue weighted by molar-refractivity contribution is 6.32. The van der Waals surface area contributed by atoms with Crippen LogP contribution in [0.3, 0.4) is 0 Å². The number of fused-ring (bicyclic) bond motifs is 5. The first-order valence-corrected chi connectivity index (χ1v) is 13.4. The minimum Gasteiger partial charge on any atom is -0.352 e. The number of hydrogen-bond donors (Lipinski definition) is 0. The monoisotopic (exact) mass is 529 g/mol. The molecule has 3 aliphatic rings. The number of Topliss-reactive ketones (excluding diaryl/α,β-unsaturated/α-hetero) is 3. The maximum Gasteiger partial charge on any atom is 0.185 e. The van der Waals surface area contributed by atoms with E-state index in [0.29, 0.717) is 21.7 Å². The van der Waals surface area contributed by atoms with Crippen molar-refractivity contribution in [3.05, 3.63) is 142 Å². The average Bonchev–Trinajstić information content (AvgIpc) is 3.40. The van der Waals surface area contributed by atoms with Crippen molar-refractivity contribution in [2.75, 3.05) is 4.90 Å². The molecule has 2 aliphatic heterocycles. The van der Waals surface area contributed by atoms with Gasteiger partial charge < -0.3 is 4.90 Å². The fourth-order valence-corrected chi connectivity index (χ4v) is 6.98. The molecule has 0 saturated carbocycles. The molecule has 2 heterocycles. The van der Waals surface area contributed by atoms with Gasteiger partial charge in [-0.1, -0.05) is 96.0 Å². The summed E-state index contributed by atoms with van der Waals surface area (Å²) < 4.78 is 0. The Hall–Kier alpha value is -4.28. The molecule has 1 unspecified atom stereocenters. The minimum atomic E-state index is -1.49. The molecule has 0 radical (unpaired) electrons. The molecular weight excluding hydrogens is 506 g/mol. The molecule has 1 fully saturated rings. The maximum absolute atomic E-state index is 14.6. The minimum absolute atomic E-state index is 0.152. The van der Waals surface area contributed by atoms with Crippen molar-refractivity contribution in [1.82, 2.24) is 0 Å². The summed E-state index contributed by atoms with van der Waals surface area (Å²) in [5.74, 6) is -1.31. The highest BCUT2D eigenvalue weighted by Crippen LogP contribution is 2.60. The van der Waals surface area contributed by atoms with Gasteiger partial charge in [0.1, 0.15) is 11.5 Å². The lowest BCUT2D eigenvalue weighted by Gasteiger charge is -2.37. The number of anilines is 1. The number of rotatable bonds is 3. The quantitative estimate of drug-likeness (QED) is 0.212. The van der Waals surface area contributed by atoms with Crippen molar-refractivity contribution in [1.29, 1.82) is 0 Å². The van der Waals surface area contributed by atoms with Crippen LogP contribution in [0.25, 0.3) is 6.08 Å². The van der Waals surface area contributed by atoms with Crippen LogP contribution in [0.2, 0.25) is 5.02 Å². The van der Waals surface area contributed by atoms with Crippen molar-refractivity contribution in [2.45, 2.75) is 24.9 Å². The van der Waals surface area contributed by atoms with Gasteiger partial charge in [-0.3, -0.25) is 14.4 Å². The highest BCUT2D eigenvalue weighted by atomic mass is 35.5. The Morgan fingerprint density at radius 2 is 1.41 bits per heavy atom. The number of aryl methyl sites for hydroxylation is 1. The van der Waals surface area contributed by atoms with Gasteiger partial charge >= 0.3 is 0 Å². The van der Waals surface area contributed by atoms with E-state index >= 15 is 0 Å². The lowest BCUT2D eigenvalue weighted by atomic mass is 9.64. The van der Waals surface area contributed by atoms with E-state index in [2.05, 4.69) is 0 Å². The van der Waals surface area contributed by atoms with Crippen LogP contribution in [-0.2, 0) is 0 Å². The zero-order chi connectivity index (χ0) is 26.9. The molecule has 0 aromatic heterocycles. The molecule has 5 heteroatoms. The summed E-state index contributed by atoms with van der Waals surface area (Å²) in [6.45, 7) is 1.99. The molecule has 0 bridgehead atoms. The summed E-state index contributed by atoms with van der Waals surface area (Å²) >= 11 is 6.16. The number of carbonyl (C=O) groups is 3. The Kier molecular flexibility index (Phi) is 5.26. The lowest BCUT2D eigenvalue weighted by molar-refractivity contribution is 0.0666. The summed E-state index contributed by atoms with van der Waals surface area (Å²) in [7, 11) is 0. The van der Waals surface area contributed by atoms with E-state index in [-0.39, 0.29) is 17.3 Å². The van der Waals surface area contributed by atoms with Gasteiger partial charge in [0.05, 0.1) is 6.04 Å². The van der Waals surface area contributed by atoms with Crippen LogP contribution >= 0.6 is 11.6 Å². The van der Waals surface area contributed by atoms with Gasteiger partial charge in [0, 0.05) is 33.3 Å². The van der Waals surface area contributed by atoms with E-state index in [0.717, 1.165) is 22.4 Å². The molecule has 0 N–H and O–H groups in total. The normalized spacial score (nSPS) is 22.1. The summed E-state index contributed by atoms with van der Waals surface area (Å²) in [5, 5.41) is 0.533. The first kappa shape index (κ1) is 23.8. The Labute approximate surface area is 231 Å². The molecule has 4 aromatic carbocycles. The smallest absolute Gasteiger partial charge is 0.185 e. The summed E-state index contributed by atoms with van der Waals surface area (Å²) in [5.41, 5.74) is 3.47. The van der Waals surface area contributed by atoms with Crippen LogP contribution in [0.4, 0.5) is 5.69 Å². The number of halogens is 1. The van der Waals surface area contributed by atoms with Crippen LogP contribution in [0, 0.1) is 12.3 Å². The fourth-order valence-electron chi connectivity index (χ4n) is 6.85. The molecule has 1 spiro atoms. The SMILES string of the molecule is Cc1ccc([C@@H]2[C@@H](C(=O)c3ccc(Cl)cc3)N3c4ccccc4C=CC3C23C(=O)c2ccccc2C3=O)cc1. The van der Waals surface area contributed by atoms with Crippen molar-refractivity contribution >= 4 is 40.7 Å².